The van der Waals surface area contributed by atoms with Crippen molar-refractivity contribution >= 4 is 28.4 Å². The maximum atomic E-state index is 11.9. The van der Waals surface area contributed by atoms with Crippen LogP contribution in [0.2, 0.25) is 0 Å². The van der Waals surface area contributed by atoms with Gasteiger partial charge in [0, 0.05) is 25.7 Å². The SMILES string of the molecule is CN(C)/C=C1\C(=O)OC(=O)c2cc3ccccc3nc21. The molecular weight excluding hydrogens is 256 g/mol. The fourth-order valence-electron chi connectivity index (χ4n) is 2.14. The molecule has 0 aliphatic carbocycles. The molecule has 2 aromatic rings. The number of hydrogen-bond acceptors (Lipinski definition) is 5. The molecule has 2 heterocycles. The maximum absolute atomic E-state index is 11.9. The number of benzene rings is 1. The third kappa shape index (κ3) is 1.93. The number of cyclic esters (lactones) is 2. The fraction of sp³-hybridized carbons (Fsp3) is 0.133. The number of rotatable bonds is 1. The Bertz CT molecular complexity index is 763. The molecule has 0 amide bonds. The first-order chi connectivity index (χ1) is 9.56. The van der Waals surface area contributed by atoms with E-state index in [0.717, 1.165) is 10.9 Å². The van der Waals surface area contributed by atoms with Gasteiger partial charge in [-0.15, -0.1) is 0 Å². The number of pyridine rings is 1. The van der Waals surface area contributed by atoms with Crippen LogP contribution in [0.5, 0.6) is 0 Å². The van der Waals surface area contributed by atoms with Gasteiger partial charge in [0.25, 0.3) is 0 Å². The number of ether oxygens (including phenoxy) is 1. The molecule has 5 nitrogen and oxygen atoms in total. The molecule has 3 rings (SSSR count). The van der Waals surface area contributed by atoms with Crippen LogP contribution in [0.3, 0.4) is 0 Å². The van der Waals surface area contributed by atoms with Crippen molar-refractivity contribution in [2.75, 3.05) is 14.1 Å². The monoisotopic (exact) mass is 268 g/mol. The average molecular weight is 268 g/mol. The van der Waals surface area contributed by atoms with Crippen molar-refractivity contribution in [2.45, 2.75) is 0 Å². The third-order valence-corrected chi connectivity index (χ3v) is 2.99. The Labute approximate surface area is 115 Å². The summed E-state index contributed by atoms with van der Waals surface area (Å²) in [6.07, 6.45) is 1.61. The highest BCUT2D eigenvalue weighted by molar-refractivity contribution is 6.25. The Kier molecular flexibility index (Phi) is 2.75. The summed E-state index contributed by atoms with van der Waals surface area (Å²) >= 11 is 0. The summed E-state index contributed by atoms with van der Waals surface area (Å²) in [4.78, 5) is 29.9. The second-order valence-corrected chi connectivity index (χ2v) is 4.76. The molecule has 5 heteroatoms. The van der Waals surface area contributed by atoms with Crippen molar-refractivity contribution in [3.05, 3.63) is 47.8 Å². The van der Waals surface area contributed by atoms with Gasteiger partial charge in [-0.3, -0.25) is 0 Å². The molecule has 0 spiro atoms. The molecule has 0 saturated carbocycles. The molecule has 100 valence electrons. The largest absolute Gasteiger partial charge is 0.386 e. The highest BCUT2D eigenvalue weighted by Crippen LogP contribution is 2.28. The Balaban J connectivity index is 2.31. The van der Waals surface area contributed by atoms with E-state index in [2.05, 4.69) is 4.98 Å². The molecule has 0 unspecified atom stereocenters. The molecule has 1 aliphatic heterocycles. The molecule has 0 N–H and O–H groups in total. The van der Waals surface area contributed by atoms with Crippen molar-refractivity contribution < 1.29 is 14.3 Å². The van der Waals surface area contributed by atoms with E-state index in [-0.39, 0.29) is 5.57 Å². The van der Waals surface area contributed by atoms with Crippen LogP contribution in [0.1, 0.15) is 16.1 Å². The molecule has 0 fully saturated rings. The van der Waals surface area contributed by atoms with Crippen LogP contribution in [0.15, 0.2) is 36.5 Å². The third-order valence-electron chi connectivity index (χ3n) is 2.99. The molecule has 1 aromatic carbocycles. The summed E-state index contributed by atoms with van der Waals surface area (Å²) in [7, 11) is 3.58. The van der Waals surface area contributed by atoms with Gasteiger partial charge in [0.1, 0.15) is 5.57 Å². The normalized spacial score (nSPS) is 16.2. The molecule has 0 atom stereocenters. The second kappa shape index (κ2) is 4.45. The van der Waals surface area contributed by atoms with E-state index in [1.54, 1.807) is 31.3 Å². The quantitative estimate of drug-likeness (QED) is 0.448. The van der Waals surface area contributed by atoms with Crippen molar-refractivity contribution in [2.24, 2.45) is 0 Å². The van der Waals surface area contributed by atoms with Crippen LogP contribution in [-0.4, -0.2) is 35.9 Å². The Morgan fingerprint density at radius 3 is 2.65 bits per heavy atom. The van der Waals surface area contributed by atoms with E-state index in [9.17, 15) is 9.59 Å². The smallest absolute Gasteiger partial charge is 0.349 e. The van der Waals surface area contributed by atoms with Crippen molar-refractivity contribution in [1.82, 2.24) is 9.88 Å². The van der Waals surface area contributed by atoms with Gasteiger partial charge in [0.15, 0.2) is 0 Å². The van der Waals surface area contributed by atoms with Gasteiger partial charge in [-0.05, 0) is 12.1 Å². The van der Waals surface area contributed by atoms with Crippen LogP contribution in [0.25, 0.3) is 16.5 Å². The predicted octanol–water partition coefficient (Wildman–Crippen LogP) is 1.83. The number of carbonyl (C=O) groups is 2. The van der Waals surface area contributed by atoms with E-state index in [1.165, 1.54) is 0 Å². The first kappa shape index (κ1) is 12.3. The van der Waals surface area contributed by atoms with Crippen molar-refractivity contribution in [1.29, 1.82) is 0 Å². The predicted molar refractivity (Wildman–Crippen MR) is 73.8 cm³/mol. The Morgan fingerprint density at radius 2 is 1.90 bits per heavy atom. The van der Waals surface area contributed by atoms with Crippen LogP contribution < -0.4 is 0 Å². The lowest BCUT2D eigenvalue weighted by Crippen LogP contribution is -2.24. The number of nitrogens with zero attached hydrogens (tertiary/aromatic N) is 2. The van der Waals surface area contributed by atoms with Gasteiger partial charge in [-0.1, -0.05) is 18.2 Å². The number of para-hydroxylation sites is 1. The fourth-order valence-corrected chi connectivity index (χ4v) is 2.14. The van der Waals surface area contributed by atoms with Gasteiger partial charge < -0.3 is 9.64 Å². The van der Waals surface area contributed by atoms with E-state index < -0.39 is 11.9 Å². The highest BCUT2D eigenvalue weighted by Gasteiger charge is 2.31. The average Bonchev–Trinajstić information content (AvgIpc) is 2.41. The zero-order valence-electron chi connectivity index (χ0n) is 11.1. The molecular formula is C15H12N2O3. The molecule has 0 radical (unpaired) electrons. The molecule has 1 aliphatic rings. The lowest BCUT2D eigenvalue weighted by Gasteiger charge is -2.18. The van der Waals surface area contributed by atoms with E-state index >= 15 is 0 Å². The minimum atomic E-state index is -0.668. The van der Waals surface area contributed by atoms with E-state index in [1.807, 2.05) is 24.3 Å². The summed E-state index contributed by atoms with van der Waals surface area (Å²) in [6.45, 7) is 0. The van der Waals surface area contributed by atoms with Crippen molar-refractivity contribution in [3.8, 4) is 0 Å². The van der Waals surface area contributed by atoms with E-state index in [0.29, 0.717) is 11.3 Å². The van der Waals surface area contributed by atoms with Gasteiger partial charge in [0.05, 0.1) is 16.8 Å². The maximum Gasteiger partial charge on any atom is 0.349 e. The highest BCUT2D eigenvalue weighted by atomic mass is 16.6. The van der Waals surface area contributed by atoms with Crippen LogP contribution in [-0.2, 0) is 9.53 Å². The number of carbonyl (C=O) groups excluding carboxylic acids is 2. The molecule has 20 heavy (non-hydrogen) atoms. The summed E-state index contributed by atoms with van der Waals surface area (Å²) in [5.74, 6) is -1.32. The van der Waals surface area contributed by atoms with Crippen LogP contribution in [0, 0.1) is 0 Å². The number of hydrogen-bond donors (Lipinski definition) is 0. The summed E-state index contributed by atoms with van der Waals surface area (Å²) in [6, 6.07) is 9.14. The van der Waals surface area contributed by atoms with Gasteiger partial charge in [-0.25, -0.2) is 14.6 Å². The minimum Gasteiger partial charge on any atom is -0.386 e. The number of fused-ring (bicyclic) bond motifs is 2. The topological polar surface area (TPSA) is 59.5 Å². The van der Waals surface area contributed by atoms with Gasteiger partial charge >= 0.3 is 11.9 Å². The number of esters is 2. The summed E-state index contributed by atoms with van der Waals surface area (Å²) in [5, 5.41) is 0.835. The Hall–Kier alpha value is -2.69. The van der Waals surface area contributed by atoms with Crippen molar-refractivity contribution in [3.63, 3.8) is 0 Å². The number of aromatic nitrogens is 1. The summed E-state index contributed by atoms with van der Waals surface area (Å²) < 4.78 is 4.76. The lowest BCUT2D eigenvalue weighted by atomic mass is 10.0. The van der Waals surface area contributed by atoms with Gasteiger partial charge in [-0.2, -0.15) is 0 Å². The minimum absolute atomic E-state index is 0.287. The Morgan fingerprint density at radius 1 is 1.15 bits per heavy atom. The zero-order valence-corrected chi connectivity index (χ0v) is 11.1. The molecule has 0 saturated heterocycles. The molecule has 1 aromatic heterocycles. The second-order valence-electron chi connectivity index (χ2n) is 4.76. The zero-order chi connectivity index (χ0) is 14.3. The molecule has 0 bridgehead atoms. The lowest BCUT2D eigenvalue weighted by molar-refractivity contribution is -0.131. The van der Waals surface area contributed by atoms with Crippen LogP contribution >= 0.6 is 0 Å². The van der Waals surface area contributed by atoms with Gasteiger partial charge in [0.2, 0.25) is 0 Å². The van der Waals surface area contributed by atoms with Crippen LogP contribution in [0.4, 0.5) is 0 Å². The van der Waals surface area contributed by atoms with E-state index in [4.69, 9.17) is 4.74 Å². The first-order valence-corrected chi connectivity index (χ1v) is 6.11. The standard InChI is InChI=1S/C15H12N2O3/c1-17(2)8-11-13-10(14(18)20-15(11)19)7-9-5-3-4-6-12(9)16-13/h3-8H,1-2H3/b11-8-. The summed E-state index contributed by atoms with van der Waals surface area (Å²) in [5.41, 5.74) is 1.71. The first-order valence-electron chi connectivity index (χ1n) is 6.11.